The van der Waals surface area contributed by atoms with Gasteiger partial charge in [0.1, 0.15) is 5.69 Å². The Kier molecular flexibility index (Phi) is 2.43. The molecule has 2 fully saturated rings. The third kappa shape index (κ3) is 1.74. The number of fused-ring (bicyclic) bond motifs is 1. The summed E-state index contributed by atoms with van der Waals surface area (Å²) in [6, 6.07) is 1.87. The smallest absolute Gasteiger partial charge is 0.272 e. The fourth-order valence-corrected chi connectivity index (χ4v) is 2.99. The Hall–Kier alpha value is -1.36. The summed E-state index contributed by atoms with van der Waals surface area (Å²) in [5.74, 6) is 1.42. The van der Waals surface area contributed by atoms with Crippen LogP contribution in [0.25, 0.3) is 0 Å². The van der Waals surface area contributed by atoms with Gasteiger partial charge in [-0.25, -0.2) is 0 Å². The maximum absolute atomic E-state index is 12.4. The number of nitrogens with zero attached hydrogens (tertiary/aromatic N) is 3. The van der Waals surface area contributed by atoms with E-state index in [2.05, 4.69) is 10.4 Å². The van der Waals surface area contributed by atoms with Gasteiger partial charge in [-0.15, -0.1) is 0 Å². The summed E-state index contributed by atoms with van der Waals surface area (Å²) in [5, 5.41) is 7.62. The summed E-state index contributed by atoms with van der Waals surface area (Å²) in [6.45, 7) is 5.80. The second kappa shape index (κ2) is 3.84. The number of hydrogen-bond acceptors (Lipinski definition) is 3. The number of likely N-dealkylation sites (tertiary alicyclic amines) is 1. The molecule has 1 aromatic heterocycles. The Bertz CT molecular complexity index is 441. The van der Waals surface area contributed by atoms with Gasteiger partial charge in [-0.1, -0.05) is 0 Å². The van der Waals surface area contributed by atoms with Crippen molar-refractivity contribution in [1.82, 2.24) is 20.0 Å². The largest absolute Gasteiger partial charge is 0.337 e. The van der Waals surface area contributed by atoms with Crippen LogP contribution < -0.4 is 5.32 Å². The van der Waals surface area contributed by atoms with Crippen molar-refractivity contribution in [2.75, 3.05) is 26.2 Å². The van der Waals surface area contributed by atoms with Crippen LogP contribution in [-0.2, 0) is 7.05 Å². The zero-order chi connectivity index (χ0) is 12.0. The zero-order valence-electron chi connectivity index (χ0n) is 10.3. The first-order valence-corrected chi connectivity index (χ1v) is 6.16. The SMILES string of the molecule is Cc1cc(C(=O)N2CC3CNCC3C2)n(C)n1. The number of nitrogens with one attached hydrogen (secondary N) is 1. The van der Waals surface area contributed by atoms with Crippen molar-refractivity contribution in [3.05, 3.63) is 17.5 Å². The Morgan fingerprint density at radius 1 is 1.41 bits per heavy atom. The summed E-state index contributed by atoms with van der Waals surface area (Å²) in [6.07, 6.45) is 0. The molecule has 0 spiro atoms. The van der Waals surface area contributed by atoms with Crippen LogP contribution in [0.15, 0.2) is 6.07 Å². The quantitative estimate of drug-likeness (QED) is 0.745. The van der Waals surface area contributed by atoms with Crippen molar-refractivity contribution in [2.24, 2.45) is 18.9 Å². The third-order valence-electron chi connectivity index (χ3n) is 3.90. The summed E-state index contributed by atoms with van der Waals surface area (Å²) in [7, 11) is 1.83. The van der Waals surface area contributed by atoms with Gasteiger partial charge >= 0.3 is 0 Å². The Labute approximate surface area is 101 Å². The van der Waals surface area contributed by atoms with Crippen LogP contribution >= 0.6 is 0 Å². The van der Waals surface area contributed by atoms with Gasteiger partial charge in [0, 0.05) is 33.2 Å². The first-order chi connectivity index (χ1) is 8.15. The minimum atomic E-state index is 0.127. The number of hydrogen-bond donors (Lipinski definition) is 1. The minimum Gasteiger partial charge on any atom is -0.337 e. The van der Waals surface area contributed by atoms with E-state index >= 15 is 0 Å². The highest BCUT2D eigenvalue weighted by atomic mass is 16.2. The van der Waals surface area contributed by atoms with Gasteiger partial charge in [-0.2, -0.15) is 5.10 Å². The fraction of sp³-hybridized carbons (Fsp3) is 0.667. The predicted octanol–water partition coefficient (Wildman–Crippen LogP) is 0.0199. The Balaban J connectivity index is 1.77. The van der Waals surface area contributed by atoms with Gasteiger partial charge in [0.2, 0.25) is 0 Å². The average Bonchev–Trinajstić information content (AvgIpc) is 2.90. The van der Waals surface area contributed by atoms with Crippen LogP contribution in [0.2, 0.25) is 0 Å². The highest BCUT2D eigenvalue weighted by Crippen LogP contribution is 2.27. The normalized spacial score (nSPS) is 27.5. The van der Waals surface area contributed by atoms with E-state index in [0.29, 0.717) is 17.5 Å². The molecule has 0 aliphatic carbocycles. The van der Waals surface area contributed by atoms with Crippen molar-refractivity contribution in [2.45, 2.75) is 6.92 Å². The molecule has 0 saturated carbocycles. The zero-order valence-corrected chi connectivity index (χ0v) is 10.3. The first kappa shape index (κ1) is 10.8. The second-order valence-corrected chi connectivity index (χ2v) is 5.18. The van der Waals surface area contributed by atoms with Crippen LogP contribution in [0.5, 0.6) is 0 Å². The number of amides is 1. The summed E-state index contributed by atoms with van der Waals surface area (Å²) in [5.41, 5.74) is 1.60. The van der Waals surface area contributed by atoms with Crippen LogP contribution in [0, 0.1) is 18.8 Å². The molecule has 2 aliphatic rings. The molecule has 1 amide bonds. The maximum Gasteiger partial charge on any atom is 0.272 e. The van der Waals surface area contributed by atoms with E-state index < -0.39 is 0 Å². The lowest BCUT2D eigenvalue weighted by molar-refractivity contribution is 0.0771. The van der Waals surface area contributed by atoms with Gasteiger partial charge < -0.3 is 10.2 Å². The van der Waals surface area contributed by atoms with Gasteiger partial charge in [0.25, 0.3) is 5.91 Å². The van der Waals surface area contributed by atoms with Gasteiger partial charge in [0.05, 0.1) is 5.69 Å². The van der Waals surface area contributed by atoms with Gasteiger partial charge in [-0.05, 0) is 24.8 Å². The standard InChI is InChI=1S/C12H18N4O/c1-8-3-11(15(2)14-8)12(17)16-6-9-4-13-5-10(9)7-16/h3,9-10,13H,4-7H2,1-2H3. The fourth-order valence-electron chi connectivity index (χ4n) is 2.99. The van der Waals surface area contributed by atoms with E-state index in [4.69, 9.17) is 0 Å². The number of aromatic nitrogens is 2. The molecule has 1 aromatic rings. The highest BCUT2D eigenvalue weighted by molar-refractivity contribution is 5.92. The molecule has 3 heterocycles. The Morgan fingerprint density at radius 2 is 2.06 bits per heavy atom. The number of carbonyl (C=O) groups excluding carboxylic acids is 1. The summed E-state index contributed by atoms with van der Waals surface area (Å²) >= 11 is 0. The minimum absolute atomic E-state index is 0.127. The monoisotopic (exact) mass is 234 g/mol. The van der Waals surface area contributed by atoms with Crippen molar-refractivity contribution < 1.29 is 4.79 Å². The molecule has 0 radical (unpaired) electrons. The molecule has 5 heteroatoms. The average molecular weight is 234 g/mol. The number of rotatable bonds is 1. The third-order valence-corrected chi connectivity index (χ3v) is 3.90. The topological polar surface area (TPSA) is 50.2 Å². The van der Waals surface area contributed by atoms with Crippen LogP contribution in [-0.4, -0.2) is 46.8 Å². The molecule has 2 unspecified atom stereocenters. The molecule has 17 heavy (non-hydrogen) atoms. The lowest BCUT2D eigenvalue weighted by Gasteiger charge is -2.17. The molecule has 5 nitrogen and oxygen atoms in total. The van der Waals surface area contributed by atoms with Gasteiger partial charge in [0.15, 0.2) is 0 Å². The molecule has 2 saturated heterocycles. The molecular weight excluding hydrogens is 216 g/mol. The molecule has 1 N–H and O–H groups in total. The van der Waals surface area contributed by atoms with E-state index in [9.17, 15) is 4.79 Å². The summed E-state index contributed by atoms with van der Waals surface area (Å²) < 4.78 is 1.68. The molecule has 3 rings (SSSR count). The van der Waals surface area contributed by atoms with Crippen LogP contribution in [0.1, 0.15) is 16.2 Å². The van der Waals surface area contributed by atoms with Crippen LogP contribution in [0.4, 0.5) is 0 Å². The van der Waals surface area contributed by atoms with Gasteiger partial charge in [-0.3, -0.25) is 9.48 Å². The predicted molar refractivity (Wildman–Crippen MR) is 63.7 cm³/mol. The number of carbonyl (C=O) groups is 1. The van der Waals surface area contributed by atoms with E-state index in [1.807, 2.05) is 24.9 Å². The molecule has 2 aliphatic heterocycles. The maximum atomic E-state index is 12.4. The molecular formula is C12H18N4O. The Morgan fingerprint density at radius 3 is 2.59 bits per heavy atom. The second-order valence-electron chi connectivity index (χ2n) is 5.18. The van der Waals surface area contributed by atoms with Crippen molar-refractivity contribution in [3.63, 3.8) is 0 Å². The molecule has 92 valence electrons. The number of aryl methyl sites for hydroxylation is 2. The summed E-state index contributed by atoms with van der Waals surface area (Å²) in [4.78, 5) is 14.3. The molecule has 0 aromatic carbocycles. The van der Waals surface area contributed by atoms with Crippen molar-refractivity contribution in [3.8, 4) is 0 Å². The van der Waals surface area contributed by atoms with E-state index in [1.54, 1.807) is 4.68 Å². The van der Waals surface area contributed by atoms with E-state index in [-0.39, 0.29) is 5.91 Å². The van der Waals surface area contributed by atoms with Crippen molar-refractivity contribution in [1.29, 1.82) is 0 Å². The molecule has 2 atom stereocenters. The van der Waals surface area contributed by atoms with E-state index in [0.717, 1.165) is 31.9 Å². The van der Waals surface area contributed by atoms with Crippen molar-refractivity contribution >= 4 is 5.91 Å². The lowest BCUT2D eigenvalue weighted by atomic mass is 10.0. The first-order valence-electron chi connectivity index (χ1n) is 6.16. The molecule has 0 bridgehead atoms. The highest BCUT2D eigenvalue weighted by Gasteiger charge is 2.38. The lowest BCUT2D eigenvalue weighted by Crippen LogP contribution is -2.33. The van der Waals surface area contributed by atoms with Crippen LogP contribution in [0.3, 0.4) is 0 Å². The van der Waals surface area contributed by atoms with E-state index in [1.165, 1.54) is 0 Å².